The fourth-order valence-corrected chi connectivity index (χ4v) is 10.8. The van der Waals surface area contributed by atoms with Crippen LogP contribution < -0.4 is 48.7 Å². The Morgan fingerprint density at radius 2 is 0.962 bits per heavy atom. The average molecular weight is 1110 g/mol. The van der Waals surface area contributed by atoms with Crippen molar-refractivity contribution in [2.45, 2.75) is 106 Å². The predicted octanol–water partition coefficient (Wildman–Crippen LogP) is 1.53. The number of aliphatic carboxylic acids is 1. The van der Waals surface area contributed by atoms with E-state index in [2.05, 4.69) is 37.2 Å². The number of aromatic hydroxyl groups is 1. The van der Waals surface area contributed by atoms with Gasteiger partial charge in [0.1, 0.15) is 48.0 Å². The van der Waals surface area contributed by atoms with Crippen LogP contribution in [0.15, 0.2) is 127 Å². The van der Waals surface area contributed by atoms with Crippen LogP contribution in [-0.2, 0) is 64.0 Å². The minimum Gasteiger partial charge on any atom is -0.508 e. The highest BCUT2D eigenvalue weighted by Gasteiger charge is 2.36. The van der Waals surface area contributed by atoms with Gasteiger partial charge in [0.05, 0.1) is 12.1 Å². The second-order valence-corrected chi connectivity index (χ2v) is 21.6. The molecule has 0 radical (unpaired) electrons. The zero-order valence-corrected chi connectivity index (χ0v) is 44.6. The first-order valence-corrected chi connectivity index (χ1v) is 28.0. The van der Waals surface area contributed by atoms with Crippen LogP contribution in [0.1, 0.15) is 48.4 Å². The molecule has 0 bridgehead atoms. The first kappa shape index (κ1) is 59.7. The molecule has 22 heteroatoms. The summed E-state index contributed by atoms with van der Waals surface area (Å²) >= 11 is 0. The van der Waals surface area contributed by atoms with Crippen LogP contribution in [0.4, 0.5) is 0 Å². The molecule has 6 rings (SSSR count). The highest BCUT2D eigenvalue weighted by molar-refractivity contribution is 8.76. The van der Waals surface area contributed by atoms with Crippen LogP contribution in [0, 0.1) is 0 Å². The summed E-state index contributed by atoms with van der Waals surface area (Å²) in [5, 5.41) is 51.8. The molecule has 1 aliphatic rings. The molecule has 0 spiro atoms. The fraction of sp³-hybridized carbons (Fsp3) is 0.357. The molecule has 1 fully saturated rings. The van der Waals surface area contributed by atoms with Crippen molar-refractivity contribution in [2.24, 2.45) is 11.5 Å². The summed E-state index contributed by atoms with van der Waals surface area (Å²) in [5.74, 6) is -7.71. The third-order valence-corrected chi connectivity index (χ3v) is 15.3. The minimum atomic E-state index is -1.71. The molecule has 0 aromatic heterocycles. The van der Waals surface area contributed by atoms with Gasteiger partial charge in [0, 0.05) is 37.2 Å². The van der Waals surface area contributed by atoms with Gasteiger partial charge in [0.2, 0.25) is 41.4 Å². The van der Waals surface area contributed by atoms with Crippen LogP contribution in [-0.4, -0.2) is 135 Å². The van der Waals surface area contributed by atoms with E-state index in [0.29, 0.717) is 35.1 Å². The molecular formula is C56H67N9O11S2. The third-order valence-electron chi connectivity index (χ3n) is 12.9. The summed E-state index contributed by atoms with van der Waals surface area (Å²) in [6, 6.07) is 24.9. The van der Waals surface area contributed by atoms with E-state index in [1.807, 2.05) is 36.4 Å². The number of rotatable bonds is 14. The first-order chi connectivity index (χ1) is 37.5. The van der Waals surface area contributed by atoms with Crippen molar-refractivity contribution in [2.75, 3.05) is 18.1 Å². The molecule has 1 saturated heterocycles. The largest absolute Gasteiger partial charge is 0.508 e. The van der Waals surface area contributed by atoms with Crippen LogP contribution in [0.3, 0.4) is 0 Å². The Hall–Kier alpha value is -7.50. The van der Waals surface area contributed by atoms with E-state index in [1.54, 1.807) is 78.9 Å². The maximum absolute atomic E-state index is 14.9. The van der Waals surface area contributed by atoms with Crippen molar-refractivity contribution in [3.05, 3.63) is 150 Å². The lowest BCUT2D eigenvalue weighted by Crippen LogP contribution is -2.62. The Kier molecular flexibility index (Phi) is 22.9. The molecule has 1 heterocycles. The van der Waals surface area contributed by atoms with Crippen LogP contribution in [0.5, 0.6) is 5.75 Å². The Morgan fingerprint density at radius 3 is 1.50 bits per heavy atom. The van der Waals surface area contributed by atoms with Gasteiger partial charge in [0.25, 0.3) is 0 Å². The highest BCUT2D eigenvalue weighted by Crippen LogP contribution is 2.24. The predicted molar refractivity (Wildman–Crippen MR) is 298 cm³/mol. The third kappa shape index (κ3) is 18.3. The number of aliphatic hydroxyl groups excluding tert-OH is 1. The van der Waals surface area contributed by atoms with E-state index in [0.717, 1.165) is 32.4 Å². The zero-order valence-electron chi connectivity index (χ0n) is 43.0. The van der Waals surface area contributed by atoms with Crippen molar-refractivity contribution < 1.29 is 53.7 Å². The van der Waals surface area contributed by atoms with Gasteiger partial charge in [-0.15, -0.1) is 0 Å². The Balaban J connectivity index is 1.40. The standard InChI is InChI=1S/C56H67N9O11S2/c1-33(66)48-55(74)63-45(28-35-14-6-3-7-15-35)54(73)64-47(56(75)76)32-78-77-31-41(58)49(68)60-43(27-34-12-4-2-5-13-34)52(71)61-44(29-36-20-23-40(67)24-21-36)53(72)62-46(30-37-19-22-38-16-8-9-17-39(38)26-37)51(70)59-42(50(69)65-48)18-10-11-25-57/h2-9,12-17,19-24,26,33,41-48,66-67H,10-11,18,25,27-32,57-58H2,1H3,(H,59,70)(H,60,68)(H,61,71)(H,62,72)(H,63,74)(H,64,73)(H,65,69)(H,75,76)/t33-,41+,42+,43+,44+,45+,46-,47+,48+/m1/s1. The number of phenols is 1. The van der Waals surface area contributed by atoms with Crippen molar-refractivity contribution in [1.82, 2.24) is 37.2 Å². The van der Waals surface area contributed by atoms with Crippen LogP contribution in [0.2, 0.25) is 0 Å². The molecule has 9 atom stereocenters. The topological polar surface area (TPSA) is 333 Å². The molecule has 5 aromatic rings. The van der Waals surface area contributed by atoms with Crippen molar-refractivity contribution in [3.63, 3.8) is 0 Å². The van der Waals surface area contributed by atoms with Crippen molar-refractivity contribution in [3.8, 4) is 5.75 Å². The van der Waals surface area contributed by atoms with E-state index in [9.17, 15) is 53.7 Å². The molecule has 78 heavy (non-hydrogen) atoms. The summed E-state index contributed by atoms with van der Waals surface area (Å²) in [7, 11) is 2.04. The number of nitrogens with two attached hydrogens (primary N) is 2. The zero-order chi connectivity index (χ0) is 56.1. The number of carbonyl (C=O) groups excluding carboxylic acids is 7. The van der Waals surface area contributed by atoms with Crippen LogP contribution in [0.25, 0.3) is 10.8 Å². The molecule has 7 amide bonds. The number of carboxylic acid groups (broad SMARTS) is 1. The lowest BCUT2D eigenvalue weighted by Gasteiger charge is -2.29. The van der Waals surface area contributed by atoms with E-state index in [-0.39, 0.29) is 55.9 Å². The van der Waals surface area contributed by atoms with Gasteiger partial charge >= 0.3 is 5.97 Å². The lowest BCUT2D eigenvalue weighted by molar-refractivity contribution is -0.141. The first-order valence-electron chi connectivity index (χ1n) is 25.5. The maximum Gasteiger partial charge on any atom is 0.327 e. The van der Waals surface area contributed by atoms with Gasteiger partial charge in [-0.1, -0.05) is 137 Å². The Morgan fingerprint density at radius 1 is 0.526 bits per heavy atom. The molecule has 0 aliphatic carbocycles. The highest BCUT2D eigenvalue weighted by atomic mass is 33.1. The summed E-state index contributed by atoms with van der Waals surface area (Å²) in [5.41, 5.74) is 14.6. The fourth-order valence-electron chi connectivity index (χ4n) is 8.54. The quantitative estimate of drug-likeness (QED) is 0.0554. The summed E-state index contributed by atoms with van der Waals surface area (Å²) < 4.78 is 0. The average Bonchev–Trinajstić information content (AvgIpc) is 3.43. The minimum absolute atomic E-state index is 0.0107. The number of hydrogen-bond donors (Lipinski definition) is 12. The normalized spacial score (nSPS) is 23.3. The number of unbranched alkanes of at least 4 members (excludes halogenated alkanes) is 1. The molecule has 1 aliphatic heterocycles. The van der Waals surface area contributed by atoms with E-state index in [1.165, 1.54) is 19.1 Å². The monoisotopic (exact) mass is 1110 g/mol. The van der Waals surface area contributed by atoms with Gasteiger partial charge in [-0.25, -0.2) is 4.79 Å². The molecular weight excluding hydrogens is 1040 g/mol. The van der Waals surface area contributed by atoms with E-state index < -0.39 is 102 Å². The number of carbonyl (C=O) groups is 8. The number of nitrogens with one attached hydrogen (secondary N) is 7. The Bertz CT molecular complexity index is 2850. The maximum atomic E-state index is 14.9. The van der Waals surface area contributed by atoms with Gasteiger partial charge in [0.15, 0.2) is 0 Å². The number of fused-ring (bicyclic) bond motifs is 1. The molecule has 414 valence electrons. The van der Waals surface area contributed by atoms with Crippen molar-refractivity contribution >= 4 is 79.7 Å². The van der Waals surface area contributed by atoms with E-state index >= 15 is 0 Å². The molecule has 0 saturated carbocycles. The number of carboxylic acids is 1. The molecule has 14 N–H and O–H groups in total. The van der Waals surface area contributed by atoms with Crippen molar-refractivity contribution in [1.29, 1.82) is 0 Å². The second kappa shape index (κ2) is 29.9. The van der Waals surface area contributed by atoms with Gasteiger partial charge in [-0.05, 0) is 77.9 Å². The van der Waals surface area contributed by atoms with Gasteiger partial charge in [-0.3, -0.25) is 33.6 Å². The van der Waals surface area contributed by atoms with Gasteiger partial charge in [-0.2, -0.15) is 0 Å². The number of amides is 7. The summed E-state index contributed by atoms with van der Waals surface area (Å²) in [6.07, 6.45) is -1.27. The molecule has 5 aromatic carbocycles. The number of benzene rings is 5. The number of hydrogen-bond acceptors (Lipinski definition) is 14. The SMILES string of the molecule is C[C@@H](O)[C@@H]1NC(=O)[C@H](CCCCN)NC(=O)[C@@H](Cc2ccc3ccccc3c2)NC(=O)[C@H](Cc2ccc(O)cc2)NC(=O)[C@H](Cc2ccccc2)NC(=O)[C@@H](N)CSSC[C@@H](C(=O)O)NC(=O)[C@H](Cc2ccccc2)NC1=O. The number of phenolic OH excluding ortho intramolecular Hbond substituents is 1. The Labute approximate surface area is 459 Å². The van der Waals surface area contributed by atoms with Gasteiger partial charge < -0.3 is 64.0 Å². The van der Waals surface area contributed by atoms with E-state index in [4.69, 9.17) is 11.5 Å². The second-order valence-electron chi connectivity index (χ2n) is 19.0. The molecule has 0 unspecified atom stereocenters. The smallest absolute Gasteiger partial charge is 0.327 e. The molecule has 20 nitrogen and oxygen atoms in total. The summed E-state index contributed by atoms with van der Waals surface area (Å²) in [4.78, 5) is 113. The summed E-state index contributed by atoms with van der Waals surface area (Å²) in [6.45, 7) is 1.48. The number of aliphatic hydroxyl groups is 1. The van der Waals surface area contributed by atoms with Crippen LogP contribution >= 0.6 is 21.6 Å². The lowest BCUT2D eigenvalue weighted by atomic mass is 9.99.